The first kappa shape index (κ1) is 15.8. The maximum atomic E-state index is 9.77. The Morgan fingerprint density at radius 1 is 1.19 bits per heavy atom. The molecule has 0 heterocycles. The quantitative estimate of drug-likeness (QED) is 0.422. The van der Waals surface area contributed by atoms with Crippen LogP contribution in [0.15, 0.2) is 0 Å². The van der Waals surface area contributed by atoms with Gasteiger partial charge in [0.2, 0.25) is 0 Å². The normalized spacial score (nSPS) is 15.0. The van der Waals surface area contributed by atoms with Crippen molar-refractivity contribution >= 4 is 0 Å². The molecule has 0 aromatic rings. The molecule has 98 valence electrons. The molecule has 0 spiro atoms. The zero-order valence-electron chi connectivity index (χ0n) is 10.5. The number of aliphatic hydroxyl groups is 2. The Morgan fingerprint density at radius 3 is 2.50 bits per heavy atom. The van der Waals surface area contributed by atoms with Gasteiger partial charge >= 0.3 is 0 Å². The van der Waals surface area contributed by atoms with Crippen LogP contribution in [0.5, 0.6) is 0 Å². The Morgan fingerprint density at radius 2 is 1.94 bits per heavy atom. The molecule has 0 bridgehead atoms. The average molecular weight is 234 g/mol. The monoisotopic (exact) mass is 234 g/mol. The number of hydrogen-bond donors (Lipinski definition) is 2. The van der Waals surface area contributed by atoms with E-state index < -0.39 is 0 Å². The highest BCUT2D eigenvalue weighted by molar-refractivity contribution is 4.65. The summed E-state index contributed by atoms with van der Waals surface area (Å²) in [6.07, 6.45) is 4.74. The molecule has 0 aliphatic heterocycles. The first-order valence-corrected chi connectivity index (χ1v) is 6.14. The van der Waals surface area contributed by atoms with Crippen LogP contribution in [0.1, 0.15) is 45.4 Å². The van der Waals surface area contributed by atoms with Gasteiger partial charge in [-0.3, -0.25) is 0 Å². The molecule has 0 aromatic heterocycles. The van der Waals surface area contributed by atoms with E-state index in [1.807, 2.05) is 0 Å². The molecule has 0 rings (SSSR count). The number of hydrogen-bond acceptors (Lipinski definition) is 4. The number of unbranched alkanes of at least 4 members (excludes halogenated alkanes) is 1. The fraction of sp³-hybridized carbons (Fsp3) is 1.00. The van der Waals surface area contributed by atoms with Crippen molar-refractivity contribution in [2.45, 2.75) is 57.7 Å². The van der Waals surface area contributed by atoms with E-state index in [2.05, 4.69) is 6.92 Å². The minimum absolute atomic E-state index is 0.0778. The summed E-state index contributed by atoms with van der Waals surface area (Å²) in [5, 5.41) is 18.4. The van der Waals surface area contributed by atoms with Gasteiger partial charge in [0.25, 0.3) is 0 Å². The van der Waals surface area contributed by atoms with Gasteiger partial charge in [-0.05, 0) is 32.1 Å². The summed E-state index contributed by atoms with van der Waals surface area (Å²) in [7, 11) is 1.60. The van der Waals surface area contributed by atoms with Gasteiger partial charge in [-0.1, -0.05) is 13.3 Å². The number of methoxy groups -OCH3 is 1. The lowest BCUT2D eigenvalue weighted by molar-refractivity contribution is -0.0873. The van der Waals surface area contributed by atoms with E-state index in [0.29, 0.717) is 6.42 Å². The lowest BCUT2D eigenvalue weighted by atomic mass is 10.0. The third-order valence-corrected chi connectivity index (χ3v) is 2.51. The zero-order valence-corrected chi connectivity index (χ0v) is 10.5. The maximum absolute atomic E-state index is 9.77. The molecule has 0 radical (unpaired) electrons. The van der Waals surface area contributed by atoms with Gasteiger partial charge < -0.3 is 19.7 Å². The standard InChI is InChI=1S/C12H26O4/c1-3-6-12(16-10-15-2)9-11(14)7-4-5-8-13/h11-14H,3-10H2,1-2H3/t11-,12-/m1/s1. The molecule has 0 fully saturated rings. The van der Waals surface area contributed by atoms with E-state index in [1.54, 1.807) is 7.11 Å². The summed E-state index contributed by atoms with van der Waals surface area (Å²) in [5.74, 6) is 0. The van der Waals surface area contributed by atoms with E-state index in [9.17, 15) is 5.11 Å². The van der Waals surface area contributed by atoms with Gasteiger partial charge in [0.1, 0.15) is 6.79 Å². The van der Waals surface area contributed by atoms with Crippen LogP contribution < -0.4 is 0 Å². The van der Waals surface area contributed by atoms with Crippen LogP contribution >= 0.6 is 0 Å². The topological polar surface area (TPSA) is 58.9 Å². The Kier molecular flexibility index (Phi) is 11.2. The van der Waals surface area contributed by atoms with Crippen LogP contribution in [-0.2, 0) is 9.47 Å². The summed E-state index contributed by atoms with van der Waals surface area (Å²) in [5.41, 5.74) is 0. The predicted molar refractivity (Wildman–Crippen MR) is 63.2 cm³/mol. The molecule has 0 aliphatic rings. The number of ether oxygens (including phenoxy) is 2. The van der Waals surface area contributed by atoms with Gasteiger partial charge in [0, 0.05) is 13.7 Å². The SMILES string of the molecule is CCC[C@H](C[C@H](O)CCCCO)OCOC. The van der Waals surface area contributed by atoms with E-state index >= 15 is 0 Å². The van der Waals surface area contributed by atoms with Crippen molar-refractivity contribution < 1.29 is 19.7 Å². The van der Waals surface area contributed by atoms with Crippen molar-refractivity contribution in [3.8, 4) is 0 Å². The van der Waals surface area contributed by atoms with Crippen molar-refractivity contribution in [3.05, 3.63) is 0 Å². The van der Waals surface area contributed by atoms with Crippen molar-refractivity contribution in [2.24, 2.45) is 0 Å². The second-order valence-corrected chi connectivity index (χ2v) is 4.09. The molecule has 0 saturated carbocycles. The first-order valence-electron chi connectivity index (χ1n) is 6.14. The summed E-state index contributed by atoms with van der Waals surface area (Å²) < 4.78 is 10.3. The fourth-order valence-electron chi connectivity index (χ4n) is 1.67. The molecule has 0 aliphatic carbocycles. The minimum Gasteiger partial charge on any atom is -0.396 e. The molecule has 0 unspecified atom stereocenters. The van der Waals surface area contributed by atoms with Gasteiger partial charge in [-0.15, -0.1) is 0 Å². The Balaban J connectivity index is 3.68. The van der Waals surface area contributed by atoms with Crippen LogP contribution in [0.3, 0.4) is 0 Å². The number of rotatable bonds is 11. The van der Waals surface area contributed by atoms with E-state index in [0.717, 1.165) is 32.1 Å². The largest absolute Gasteiger partial charge is 0.396 e. The Bertz CT molecular complexity index is 141. The Labute approximate surface area is 98.6 Å². The molecular weight excluding hydrogens is 208 g/mol. The van der Waals surface area contributed by atoms with E-state index in [-0.39, 0.29) is 25.6 Å². The Hall–Kier alpha value is -0.160. The van der Waals surface area contributed by atoms with Gasteiger partial charge in [-0.25, -0.2) is 0 Å². The zero-order chi connectivity index (χ0) is 12.2. The molecule has 0 amide bonds. The van der Waals surface area contributed by atoms with Gasteiger partial charge in [-0.2, -0.15) is 0 Å². The minimum atomic E-state index is -0.333. The molecule has 2 N–H and O–H groups in total. The van der Waals surface area contributed by atoms with Crippen molar-refractivity contribution in [1.82, 2.24) is 0 Å². The summed E-state index contributed by atoms with van der Waals surface area (Å²) >= 11 is 0. The van der Waals surface area contributed by atoms with Gasteiger partial charge in [0.15, 0.2) is 0 Å². The highest BCUT2D eigenvalue weighted by Crippen LogP contribution is 2.13. The molecule has 16 heavy (non-hydrogen) atoms. The fourth-order valence-corrected chi connectivity index (χ4v) is 1.67. The van der Waals surface area contributed by atoms with Crippen LogP contribution in [0.2, 0.25) is 0 Å². The first-order chi connectivity index (χ1) is 7.74. The lowest BCUT2D eigenvalue weighted by Gasteiger charge is -2.20. The summed E-state index contributed by atoms with van der Waals surface area (Å²) in [6, 6.07) is 0. The van der Waals surface area contributed by atoms with Crippen molar-refractivity contribution in [3.63, 3.8) is 0 Å². The van der Waals surface area contributed by atoms with Crippen LogP contribution in [0.4, 0.5) is 0 Å². The molecule has 0 aromatic carbocycles. The predicted octanol–water partition coefficient (Wildman–Crippen LogP) is 1.69. The maximum Gasteiger partial charge on any atom is 0.146 e. The second kappa shape index (κ2) is 11.3. The summed E-state index contributed by atoms with van der Waals surface area (Å²) in [6.45, 7) is 2.58. The third kappa shape index (κ3) is 9.09. The van der Waals surface area contributed by atoms with Crippen LogP contribution in [-0.4, -0.2) is 42.9 Å². The van der Waals surface area contributed by atoms with Crippen molar-refractivity contribution in [2.75, 3.05) is 20.5 Å². The number of aliphatic hydroxyl groups excluding tert-OH is 2. The molecule has 4 nitrogen and oxygen atoms in total. The molecule has 2 atom stereocenters. The van der Waals surface area contributed by atoms with Crippen molar-refractivity contribution in [1.29, 1.82) is 0 Å². The summed E-state index contributed by atoms with van der Waals surface area (Å²) in [4.78, 5) is 0. The molecular formula is C12H26O4. The van der Waals surface area contributed by atoms with E-state index in [4.69, 9.17) is 14.6 Å². The lowest BCUT2D eigenvalue weighted by Crippen LogP contribution is -2.22. The molecule has 0 saturated heterocycles. The third-order valence-electron chi connectivity index (χ3n) is 2.51. The highest BCUT2D eigenvalue weighted by Gasteiger charge is 2.14. The average Bonchev–Trinajstić information content (AvgIpc) is 2.26. The smallest absolute Gasteiger partial charge is 0.146 e. The highest BCUT2D eigenvalue weighted by atomic mass is 16.7. The van der Waals surface area contributed by atoms with Gasteiger partial charge in [0.05, 0.1) is 12.2 Å². The second-order valence-electron chi connectivity index (χ2n) is 4.09. The van der Waals surface area contributed by atoms with Crippen LogP contribution in [0.25, 0.3) is 0 Å². The van der Waals surface area contributed by atoms with Crippen LogP contribution in [0, 0.1) is 0 Å². The molecule has 4 heteroatoms. The van der Waals surface area contributed by atoms with E-state index in [1.165, 1.54) is 0 Å².